The van der Waals surface area contributed by atoms with E-state index in [9.17, 15) is 9.59 Å². The molecule has 150 valence electrons. The van der Waals surface area contributed by atoms with E-state index < -0.39 is 0 Å². The molecule has 2 aromatic carbocycles. The SMILES string of the molecule is COc1ccc(C(=O)N2CCN(C(=O)CC(N)c3ccccc3)CC2)cc1.Cl. The predicted octanol–water partition coefficient (Wildman–Crippen LogP) is 2.49. The summed E-state index contributed by atoms with van der Waals surface area (Å²) < 4.78 is 5.12. The summed E-state index contributed by atoms with van der Waals surface area (Å²) >= 11 is 0. The lowest BCUT2D eigenvalue weighted by atomic mass is 10.0. The summed E-state index contributed by atoms with van der Waals surface area (Å²) in [5, 5.41) is 0. The highest BCUT2D eigenvalue weighted by Crippen LogP contribution is 2.17. The number of piperazine rings is 1. The summed E-state index contributed by atoms with van der Waals surface area (Å²) in [6.07, 6.45) is 0.274. The van der Waals surface area contributed by atoms with Crippen LogP contribution >= 0.6 is 12.4 Å². The third kappa shape index (κ3) is 5.24. The standard InChI is InChI=1S/C21H25N3O3.ClH/c1-27-18-9-7-17(8-10-18)21(26)24-13-11-23(12-14-24)20(25)15-19(22)16-5-3-2-4-6-16;/h2-10,19H,11-15,22H2,1H3;1H. The molecule has 1 atom stereocenters. The summed E-state index contributed by atoms with van der Waals surface area (Å²) in [6.45, 7) is 2.11. The minimum Gasteiger partial charge on any atom is -0.497 e. The van der Waals surface area contributed by atoms with Crippen LogP contribution in [0.1, 0.15) is 28.4 Å². The fourth-order valence-corrected chi connectivity index (χ4v) is 3.21. The van der Waals surface area contributed by atoms with Crippen molar-refractivity contribution in [3.05, 3.63) is 65.7 Å². The van der Waals surface area contributed by atoms with Crippen molar-refractivity contribution in [1.29, 1.82) is 0 Å². The molecule has 1 aliphatic rings. The smallest absolute Gasteiger partial charge is 0.253 e. The van der Waals surface area contributed by atoms with Crippen LogP contribution in [0.15, 0.2) is 54.6 Å². The number of hydrogen-bond donors (Lipinski definition) is 1. The number of hydrogen-bond acceptors (Lipinski definition) is 4. The van der Waals surface area contributed by atoms with Crippen LogP contribution in [-0.4, -0.2) is 54.9 Å². The van der Waals surface area contributed by atoms with Gasteiger partial charge in [-0.15, -0.1) is 12.4 Å². The van der Waals surface area contributed by atoms with Crippen LogP contribution in [0.25, 0.3) is 0 Å². The summed E-state index contributed by atoms with van der Waals surface area (Å²) in [4.78, 5) is 28.7. The third-order valence-corrected chi connectivity index (χ3v) is 4.88. The molecule has 2 N–H and O–H groups in total. The predicted molar refractivity (Wildman–Crippen MR) is 111 cm³/mol. The minimum atomic E-state index is -0.308. The summed E-state index contributed by atoms with van der Waals surface area (Å²) in [6, 6.07) is 16.4. The van der Waals surface area contributed by atoms with Crippen LogP contribution in [0.4, 0.5) is 0 Å². The lowest BCUT2D eigenvalue weighted by Crippen LogP contribution is -2.51. The number of carbonyl (C=O) groups excluding carboxylic acids is 2. The van der Waals surface area contributed by atoms with Gasteiger partial charge >= 0.3 is 0 Å². The molecule has 0 radical (unpaired) electrons. The van der Waals surface area contributed by atoms with E-state index in [2.05, 4.69) is 0 Å². The number of nitrogens with two attached hydrogens (primary N) is 1. The van der Waals surface area contributed by atoms with Crippen LogP contribution < -0.4 is 10.5 Å². The highest BCUT2D eigenvalue weighted by molar-refractivity contribution is 5.94. The molecule has 0 bridgehead atoms. The van der Waals surface area contributed by atoms with Crippen molar-refractivity contribution in [2.45, 2.75) is 12.5 Å². The van der Waals surface area contributed by atoms with Gasteiger partial charge in [0.2, 0.25) is 5.91 Å². The van der Waals surface area contributed by atoms with E-state index in [1.807, 2.05) is 30.3 Å². The Balaban J connectivity index is 0.00000280. The number of nitrogens with zero attached hydrogens (tertiary/aromatic N) is 2. The van der Waals surface area contributed by atoms with Gasteiger partial charge in [-0.1, -0.05) is 30.3 Å². The number of halogens is 1. The van der Waals surface area contributed by atoms with E-state index in [-0.39, 0.29) is 36.7 Å². The first kappa shape index (κ1) is 21.7. The second-order valence-electron chi connectivity index (χ2n) is 6.62. The fraction of sp³-hybridized carbons (Fsp3) is 0.333. The van der Waals surface area contributed by atoms with Crippen LogP contribution in [0.5, 0.6) is 5.75 Å². The fourth-order valence-electron chi connectivity index (χ4n) is 3.21. The van der Waals surface area contributed by atoms with E-state index in [4.69, 9.17) is 10.5 Å². The molecule has 0 saturated carbocycles. The number of carbonyl (C=O) groups is 2. The number of methoxy groups -OCH3 is 1. The topological polar surface area (TPSA) is 75.9 Å². The molecular weight excluding hydrogens is 378 g/mol. The Kier molecular flexibility index (Phi) is 7.84. The summed E-state index contributed by atoms with van der Waals surface area (Å²) in [7, 11) is 1.59. The average molecular weight is 404 g/mol. The van der Waals surface area contributed by atoms with Gasteiger partial charge < -0.3 is 20.3 Å². The maximum atomic E-state index is 12.6. The lowest BCUT2D eigenvalue weighted by molar-refractivity contribution is -0.133. The molecular formula is C21H26ClN3O3. The van der Waals surface area contributed by atoms with Gasteiger partial charge in [-0.25, -0.2) is 0 Å². The van der Waals surface area contributed by atoms with Crippen molar-refractivity contribution in [3.8, 4) is 5.75 Å². The molecule has 1 unspecified atom stereocenters. The number of benzene rings is 2. The van der Waals surface area contributed by atoms with Gasteiger partial charge in [0.25, 0.3) is 5.91 Å². The summed E-state index contributed by atoms with van der Waals surface area (Å²) in [5.41, 5.74) is 7.74. The molecule has 3 rings (SSSR count). The van der Waals surface area contributed by atoms with Gasteiger partial charge in [-0.2, -0.15) is 0 Å². The highest BCUT2D eigenvalue weighted by atomic mass is 35.5. The zero-order chi connectivity index (χ0) is 19.2. The van der Waals surface area contributed by atoms with Crippen molar-refractivity contribution < 1.29 is 14.3 Å². The summed E-state index contributed by atoms with van der Waals surface area (Å²) in [5.74, 6) is 0.727. The molecule has 1 aliphatic heterocycles. The molecule has 2 amide bonds. The van der Waals surface area contributed by atoms with E-state index >= 15 is 0 Å². The van der Waals surface area contributed by atoms with Crippen LogP contribution in [0.3, 0.4) is 0 Å². The number of rotatable bonds is 5. The molecule has 7 heteroatoms. The molecule has 2 aromatic rings. The van der Waals surface area contributed by atoms with Crippen molar-refractivity contribution in [1.82, 2.24) is 9.80 Å². The molecule has 1 heterocycles. The first-order valence-electron chi connectivity index (χ1n) is 9.10. The zero-order valence-corrected chi connectivity index (χ0v) is 16.7. The van der Waals surface area contributed by atoms with Crippen molar-refractivity contribution in [3.63, 3.8) is 0 Å². The van der Waals surface area contributed by atoms with Gasteiger partial charge in [0.05, 0.1) is 7.11 Å². The van der Waals surface area contributed by atoms with Gasteiger partial charge in [-0.3, -0.25) is 9.59 Å². The Morgan fingerprint density at radius 2 is 1.54 bits per heavy atom. The Morgan fingerprint density at radius 1 is 0.964 bits per heavy atom. The van der Waals surface area contributed by atoms with E-state index in [1.165, 1.54) is 0 Å². The second kappa shape index (κ2) is 10.1. The minimum absolute atomic E-state index is 0. The highest BCUT2D eigenvalue weighted by Gasteiger charge is 2.25. The molecule has 0 aliphatic carbocycles. The average Bonchev–Trinajstić information content (AvgIpc) is 2.74. The lowest BCUT2D eigenvalue weighted by Gasteiger charge is -2.35. The largest absolute Gasteiger partial charge is 0.497 e. The quantitative estimate of drug-likeness (QED) is 0.832. The Morgan fingerprint density at radius 3 is 2.11 bits per heavy atom. The molecule has 0 aromatic heterocycles. The molecule has 0 spiro atoms. The van der Waals surface area contributed by atoms with Crippen molar-refractivity contribution in [2.24, 2.45) is 5.73 Å². The maximum Gasteiger partial charge on any atom is 0.253 e. The molecule has 6 nitrogen and oxygen atoms in total. The Hall–Kier alpha value is -2.57. The normalized spacial score (nSPS) is 14.8. The number of ether oxygens (including phenoxy) is 1. The van der Waals surface area contributed by atoms with Gasteiger partial charge in [0.15, 0.2) is 0 Å². The monoisotopic (exact) mass is 403 g/mol. The first-order valence-corrected chi connectivity index (χ1v) is 9.10. The maximum absolute atomic E-state index is 12.6. The zero-order valence-electron chi connectivity index (χ0n) is 15.9. The second-order valence-corrected chi connectivity index (χ2v) is 6.62. The van der Waals surface area contributed by atoms with Crippen molar-refractivity contribution in [2.75, 3.05) is 33.3 Å². The van der Waals surface area contributed by atoms with E-state index in [0.29, 0.717) is 31.7 Å². The van der Waals surface area contributed by atoms with Crippen molar-refractivity contribution >= 4 is 24.2 Å². The Labute approximate surface area is 171 Å². The van der Waals surface area contributed by atoms with Crippen LogP contribution in [0, 0.1) is 0 Å². The van der Waals surface area contributed by atoms with E-state index in [1.54, 1.807) is 41.2 Å². The third-order valence-electron chi connectivity index (χ3n) is 4.88. The van der Waals surface area contributed by atoms with Gasteiger partial charge in [0.1, 0.15) is 5.75 Å². The molecule has 28 heavy (non-hydrogen) atoms. The van der Waals surface area contributed by atoms with Gasteiger partial charge in [0, 0.05) is 44.2 Å². The van der Waals surface area contributed by atoms with Crippen LogP contribution in [0.2, 0.25) is 0 Å². The molecule has 1 fully saturated rings. The molecule has 1 saturated heterocycles. The first-order chi connectivity index (χ1) is 13.1. The van der Waals surface area contributed by atoms with Crippen LogP contribution in [-0.2, 0) is 4.79 Å². The van der Waals surface area contributed by atoms with E-state index in [0.717, 1.165) is 11.3 Å². The van der Waals surface area contributed by atoms with Gasteiger partial charge in [-0.05, 0) is 29.8 Å². The Bertz CT molecular complexity index is 775. The number of amides is 2.